The molecule has 1 N–H and O–H groups in total. The summed E-state index contributed by atoms with van der Waals surface area (Å²) < 4.78 is 5.30. The SMILES string of the molecule is CC(C)C(Br)C(=O)NC(C)C1CCOC1. The van der Waals surface area contributed by atoms with Gasteiger partial charge in [-0.05, 0) is 19.3 Å². The smallest absolute Gasteiger partial charge is 0.234 e. The Hall–Kier alpha value is -0.0900. The number of alkyl halides is 1. The molecule has 0 spiro atoms. The summed E-state index contributed by atoms with van der Waals surface area (Å²) in [5, 5.41) is 3.04. The number of ether oxygens (including phenoxy) is 1. The van der Waals surface area contributed by atoms with Gasteiger partial charge in [0.25, 0.3) is 0 Å². The fourth-order valence-corrected chi connectivity index (χ4v) is 1.80. The van der Waals surface area contributed by atoms with Crippen LogP contribution in [0.25, 0.3) is 0 Å². The molecule has 0 bridgehead atoms. The van der Waals surface area contributed by atoms with Crippen molar-refractivity contribution < 1.29 is 9.53 Å². The molecule has 1 saturated heterocycles. The minimum absolute atomic E-state index is 0.0874. The summed E-state index contributed by atoms with van der Waals surface area (Å²) in [5.74, 6) is 0.877. The quantitative estimate of drug-likeness (QED) is 0.798. The first kappa shape index (κ1) is 13.0. The second kappa shape index (κ2) is 5.85. The van der Waals surface area contributed by atoms with Crippen molar-refractivity contribution in [1.82, 2.24) is 5.32 Å². The maximum absolute atomic E-state index is 11.8. The number of carbonyl (C=O) groups is 1. The van der Waals surface area contributed by atoms with Gasteiger partial charge in [-0.15, -0.1) is 0 Å². The molecule has 1 amide bonds. The molecule has 1 aliphatic heterocycles. The molecule has 0 aliphatic carbocycles. The molecule has 0 aromatic carbocycles. The predicted octanol–water partition coefficient (Wildman–Crippen LogP) is 1.95. The van der Waals surface area contributed by atoms with Crippen LogP contribution in [-0.2, 0) is 9.53 Å². The van der Waals surface area contributed by atoms with Gasteiger partial charge in [0.15, 0.2) is 0 Å². The molecule has 88 valence electrons. The van der Waals surface area contributed by atoms with Gasteiger partial charge in [-0.3, -0.25) is 4.79 Å². The van der Waals surface area contributed by atoms with Crippen LogP contribution >= 0.6 is 15.9 Å². The van der Waals surface area contributed by atoms with Crippen LogP contribution in [0.4, 0.5) is 0 Å². The Labute approximate surface area is 100 Å². The zero-order valence-corrected chi connectivity index (χ0v) is 11.2. The van der Waals surface area contributed by atoms with Gasteiger partial charge in [0.1, 0.15) is 0 Å². The second-order valence-electron chi connectivity index (χ2n) is 4.57. The average Bonchev–Trinajstić information content (AvgIpc) is 2.68. The number of hydrogen-bond donors (Lipinski definition) is 1. The molecular weight excluding hydrogens is 258 g/mol. The van der Waals surface area contributed by atoms with E-state index in [1.165, 1.54) is 0 Å². The van der Waals surface area contributed by atoms with Crippen molar-refractivity contribution in [2.24, 2.45) is 11.8 Å². The third kappa shape index (κ3) is 3.76. The summed E-state index contributed by atoms with van der Waals surface area (Å²) in [5.41, 5.74) is 0. The maximum atomic E-state index is 11.8. The molecule has 0 aromatic rings. The summed E-state index contributed by atoms with van der Waals surface area (Å²) in [6.07, 6.45) is 1.05. The summed E-state index contributed by atoms with van der Waals surface area (Å²) >= 11 is 3.40. The molecule has 1 aliphatic rings. The van der Waals surface area contributed by atoms with E-state index in [1.807, 2.05) is 13.8 Å². The standard InChI is InChI=1S/C11H20BrNO2/c1-7(2)10(12)11(14)13-8(3)9-4-5-15-6-9/h7-10H,4-6H2,1-3H3,(H,13,14). The van der Waals surface area contributed by atoms with Gasteiger partial charge in [0, 0.05) is 18.6 Å². The van der Waals surface area contributed by atoms with E-state index in [0.717, 1.165) is 19.6 Å². The lowest BCUT2D eigenvalue weighted by atomic mass is 10.00. The van der Waals surface area contributed by atoms with Crippen molar-refractivity contribution in [3.63, 3.8) is 0 Å². The monoisotopic (exact) mass is 277 g/mol. The van der Waals surface area contributed by atoms with Gasteiger partial charge >= 0.3 is 0 Å². The average molecular weight is 278 g/mol. The van der Waals surface area contributed by atoms with Gasteiger partial charge in [0.05, 0.1) is 11.4 Å². The second-order valence-corrected chi connectivity index (χ2v) is 5.55. The van der Waals surface area contributed by atoms with E-state index in [2.05, 4.69) is 28.2 Å². The fraction of sp³-hybridized carbons (Fsp3) is 0.909. The van der Waals surface area contributed by atoms with Gasteiger partial charge in [-0.2, -0.15) is 0 Å². The van der Waals surface area contributed by atoms with Crippen LogP contribution in [0.2, 0.25) is 0 Å². The van der Waals surface area contributed by atoms with Crippen LogP contribution in [0, 0.1) is 11.8 Å². The summed E-state index contributed by atoms with van der Waals surface area (Å²) in [4.78, 5) is 11.7. The Morgan fingerprint density at radius 3 is 2.60 bits per heavy atom. The molecule has 1 fully saturated rings. The Morgan fingerprint density at radius 2 is 2.13 bits per heavy atom. The minimum atomic E-state index is -0.0951. The molecule has 0 saturated carbocycles. The van der Waals surface area contributed by atoms with E-state index >= 15 is 0 Å². The van der Waals surface area contributed by atoms with E-state index < -0.39 is 0 Å². The molecule has 15 heavy (non-hydrogen) atoms. The molecule has 3 unspecified atom stereocenters. The molecule has 3 nitrogen and oxygen atoms in total. The Bertz CT molecular complexity index is 215. The van der Waals surface area contributed by atoms with Crippen LogP contribution in [0.1, 0.15) is 27.2 Å². The highest BCUT2D eigenvalue weighted by molar-refractivity contribution is 9.10. The molecule has 0 aromatic heterocycles. The summed E-state index contributed by atoms with van der Waals surface area (Å²) in [6, 6.07) is 0.207. The molecule has 1 rings (SSSR count). The lowest BCUT2D eigenvalue weighted by Gasteiger charge is -2.22. The number of nitrogens with one attached hydrogen (secondary N) is 1. The highest BCUT2D eigenvalue weighted by Crippen LogP contribution is 2.18. The first-order valence-electron chi connectivity index (χ1n) is 5.54. The topological polar surface area (TPSA) is 38.3 Å². The van der Waals surface area contributed by atoms with Gasteiger partial charge < -0.3 is 10.1 Å². The Morgan fingerprint density at radius 1 is 1.47 bits per heavy atom. The van der Waals surface area contributed by atoms with Crippen molar-refractivity contribution in [3.8, 4) is 0 Å². The van der Waals surface area contributed by atoms with E-state index in [0.29, 0.717) is 11.8 Å². The zero-order chi connectivity index (χ0) is 11.4. The van der Waals surface area contributed by atoms with Crippen molar-refractivity contribution in [2.45, 2.75) is 38.1 Å². The molecule has 3 atom stereocenters. The summed E-state index contributed by atoms with van der Waals surface area (Å²) in [6.45, 7) is 7.71. The maximum Gasteiger partial charge on any atom is 0.234 e. The third-order valence-corrected chi connectivity index (χ3v) is 4.35. The van der Waals surface area contributed by atoms with Crippen LogP contribution < -0.4 is 5.32 Å². The van der Waals surface area contributed by atoms with Crippen molar-refractivity contribution in [3.05, 3.63) is 0 Å². The van der Waals surface area contributed by atoms with E-state index in [4.69, 9.17) is 4.74 Å². The first-order valence-corrected chi connectivity index (χ1v) is 6.46. The van der Waals surface area contributed by atoms with Crippen molar-refractivity contribution in [2.75, 3.05) is 13.2 Å². The number of amides is 1. The fourth-order valence-electron chi connectivity index (χ4n) is 1.67. The van der Waals surface area contributed by atoms with Crippen LogP contribution in [0.5, 0.6) is 0 Å². The molecule has 1 heterocycles. The number of hydrogen-bond acceptors (Lipinski definition) is 2. The minimum Gasteiger partial charge on any atom is -0.381 e. The third-order valence-electron chi connectivity index (χ3n) is 2.88. The predicted molar refractivity (Wildman–Crippen MR) is 64.1 cm³/mol. The normalized spacial score (nSPS) is 25.3. The number of carbonyl (C=O) groups excluding carboxylic acids is 1. The van der Waals surface area contributed by atoms with Gasteiger partial charge in [-0.25, -0.2) is 0 Å². The molecule has 4 heteroatoms. The van der Waals surface area contributed by atoms with E-state index in [-0.39, 0.29) is 16.8 Å². The Balaban J connectivity index is 2.36. The van der Waals surface area contributed by atoms with Crippen molar-refractivity contribution in [1.29, 1.82) is 0 Å². The molecular formula is C11H20BrNO2. The zero-order valence-electron chi connectivity index (χ0n) is 9.63. The first-order chi connectivity index (χ1) is 7.02. The van der Waals surface area contributed by atoms with E-state index in [9.17, 15) is 4.79 Å². The van der Waals surface area contributed by atoms with Crippen LogP contribution in [0.15, 0.2) is 0 Å². The van der Waals surface area contributed by atoms with Crippen LogP contribution in [-0.4, -0.2) is 30.0 Å². The lowest BCUT2D eigenvalue weighted by molar-refractivity contribution is -0.122. The largest absolute Gasteiger partial charge is 0.381 e. The molecule has 0 radical (unpaired) electrons. The van der Waals surface area contributed by atoms with Crippen LogP contribution in [0.3, 0.4) is 0 Å². The number of rotatable bonds is 4. The van der Waals surface area contributed by atoms with E-state index in [1.54, 1.807) is 0 Å². The highest BCUT2D eigenvalue weighted by Gasteiger charge is 2.26. The summed E-state index contributed by atoms with van der Waals surface area (Å²) in [7, 11) is 0. The van der Waals surface area contributed by atoms with Gasteiger partial charge in [-0.1, -0.05) is 29.8 Å². The van der Waals surface area contributed by atoms with Crippen molar-refractivity contribution >= 4 is 21.8 Å². The van der Waals surface area contributed by atoms with Gasteiger partial charge in [0.2, 0.25) is 5.91 Å². The number of halogens is 1. The highest BCUT2D eigenvalue weighted by atomic mass is 79.9. The Kier molecular flexibility index (Phi) is 5.06. The lowest BCUT2D eigenvalue weighted by Crippen LogP contribution is -2.43.